The highest BCUT2D eigenvalue weighted by Crippen LogP contribution is 2.13. The molecular formula is C14H12FN5O. The van der Waals surface area contributed by atoms with Gasteiger partial charge in [0.2, 0.25) is 0 Å². The number of pyridine rings is 1. The maximum atomic E-state index is 13.0. The summed E-state index contributed by atoms with van der Waals surface area (Å²) in [6.45, 7) is 0.195. The fourth-order valence-corrected chi connectivity index (χ4v) is 2.01. The molecule has 0 saturated heterocycles. The fourth-order valence-electron chi connectivity index (χ4n) is 2.01. The van der Waals surface area contributed by atoms with Gasteiger partial charge in [-0.05, 0) is 30.3 Å². The second-order valence-corrected chi connectivity index (χ2v) is 4.46. The van der Waals surface area contributed by atoms with Crippen molar-refractivity contribution in [3.63, 3.8) is 0 Å². The molecule has 1 amide bonds. The Hall–Kier alpha value is -2.96. The Morgan fingerprint density at radius 2 is 2.14 bits per heavy atom. The number of aromatic nitrogens is 3. The van der Waals surface area contributed by atoms with E-state index in [2.05, 4.69) is 15.5 Å². The van der Waals surface area contributed by atoms with Gasteiger partial charge in [0.15, 0.2) is 11.5 Å². The first kappa shape index (κ1) is 13.0. The third-order valence-electron chi connectivity index (χ3n) is 3.05. The molecule has 0 bridgehead atoms. The van der Waals surface area contributed by atoms with E-state index in [1.807, 2.05) is 24.4 Å². The molecule has 21 heavy (non-hydrogen) atoms. The molecule has 3 rings (SSSR count). The number of carbonyl (C=O) groups is 1. The van der Waals surface area contributed by atoms with Crippen molar-refractivity contribution in [3.05, 3.63) is 59.8 Å². The van der Waals surface area contributed by atoms with E-state index < -0.39 is 5.82 Å². The average molecular weight is 285 g/mol. The van der Waals surface area contributed by atoms with Gasteiger partial charge < -0.3 is 11.1 Å². The number of anilines is 1. The largest absolute Gasteiger partial charge is 0.398 e. The minimum atomic E-state index is -0.479. The van der Waals surface area contributed by atoms with E-state index in [4.69, 9.17) is 5.73 Å². The van der Waals surface area contributed by atoms with Gasteiger partial charge in [-0.2, -0.15) is 0 Å². The number of halogens is 1. The van der Waals surface area contributed by atoms with Crippen LogP contribution in [0.25, 0.3) is 5.65 Å². The highest BCUT2D eigenvalue weighted by Gasteiger charge is 2.12. The van der Waals surface area contributed by atoms with Crippen LogP contribution in [0.2, 0.25) is 0 Å². The van der Waals surface area contributed by atoms with E-state index in [0.29, 0.717) is 11.5 Å². The number of amides is 1. The Kier molecular flexibility index (Phi) is 3.23. The number of hydrogen-bond donors (Lipinski definition) is 2. The summed E-state index contributed by atoms with van der Waals surface area (Å²) in [7, 11) is 0. The van der Waals surface area contributed by atoms with E-state index in [0.717, 1.165) is 6.07 Å². The minimum absolute atomic E-state index is 0.0959. The number of rotatable bonds is 3. The summed E-state index contributed by atoms with van der Waals surface area (Å²) < 4.78 is 14.7. The molecule has 7 heteroatoms. The Bertz CT molecular complexity index is 814. The van der Waals surface area contributed by atoms with Crippen LogP contribution in [0.15, 0.2) is 42.6 Å². The zero-order valence-corrected chi connectivity index (χ0v) is 11.0. The van der Waals surface area contributed by atoms with Crippen LogP contribution in [-0.4, -0.2) is 20.5 Å². The number of nitrogens with two attached hydrogens (primary N) is 1. The summed E-state index contributed by atoms with van der Waals surface area (Å²) in [4.78, 5) is 12.0. The molecule has 0 spiro atoms. The summed E-state index contributed by atoms with van der Waals surface area (Å²) >= 11 is 0. The van der Waals surface area contributed by atoms with E-state index in [1.165, 1.54) is 12.1 Å². The molecule has 0 aliphatic carbocycles. The lowest BCUT2D eigenvalue weighted by Gasteiger charge is -2.06. The molecule has 3 N–H and O–H groups in total. The molecule has 106 valence electrons. The van der Waals surface area contributed by atoms with Crippen LogP contribution in [-0.2, 0) is 6.54 Å². The quantitative estimate of drug-likeness (QED) is 0.712. The highest BCUT2D eigenvalue weighted by atomic mass is 19.1. The molecule has 0 atom stereocenters. The van der Waals surface area contributed by atoms with Crippen LogP contribution in [0.3, 0.4) is 0 Å². The molecule has 0 saturated carbocycles. The predicted molar refractivity (Wildman–Crippen MR) is 75.0 cm³/mol. The van der Waals surface area contributed by atoms with Crippen LogP contribution < -0.4 is 11.1 Å². The molecule has 2 aromatic heterocycles. The molecule has 3 aromatic rings. The van der Waals surface area contributed by atoms with Gasteiger partial charge in [0.05, 0.1) is 12.1 Å². The molecule has 1 aromatic carbocycles. The third-order valence-corrected chi connectivity index (χ3v) is 3.05. The molecule has 0 unspecified atom stereocenters. The first-order chi connectivity index (χ1) is 10.1. The average Bonchev–Trinajstić information content (AvgIpc) is 2.88. The first-order valence-corrected chi connectivity index (χ1v) is 6.27. The van der Waals surface area contributed by atoms with Gasteiger partial charge in [-0.15, -0.1) is 10.2 Å². The summed E-state index contributed by atoms with van der Waals surface area (Å²) in [5.74, 6) is -0.271. The molecule has 0 aliphatic rings. The van der Waals surface area contributed by atoms with E-state index >= 15 is 0 Å². The number of nitrogens with one attached hydrogen (secondary N) is 1. The van der Waals surface area contributed by atoms with Gasteiger partial charge in [0.1, 0.15) is 5.82 Å². The molecule has 6 nitrogen and oxygen atoms in total. The number of nitrogen functional groups attached to an aromatic ring is 1. The van der Waals surface area contributed by atoms with Crippen LogP contribution in [0.1, 0.15) is 16.2 Å². The van der Waals surface area contributed by atoms with Crippen LogP contribution in [0.4, 0.5) is 10.1 Å². The summed E-state index contributed by atoms with van der Waals surface area (Å²) in [5.41, 5.74) is 6.65. The highest BCUT2D eigenvalue weighted by molar-refractivity contribution is 5.99. The van der Waals surface area contributed by atoms with Crippen LogP contribution in [0.5, 0.6) is 0 Å². The molecule has 0 radical (unpaired) electrons. The number of hydrogen-bond acceptors (Lipinski definition) is 4. The van der Waals surface area contributed by atoms with Gasteiger partial charge in [-0.25, -0.2) is 4.39 Å². The van der Waals surface area contributed by atoms with Gasteiger partial charge in [-0.1, -0.05) is 6.07 Å². The number of benzene rings is 1. The van der Waals surface area contributed by atoms with Gasteiger partial charge >= 0.3 is 0 Å². The fraction of sp³-hybridized carbons (Fsp3) is 0.0714. The smallest absolute Gasteiger partial charge is 0.253 e. The number of fused-ring (bicyclic) bond motifs is 1. The standard InChI is InChI=1S/C14H12FN5O/c15-9-4-5-10(11(16)7-9)14(21)17-8-13-19-18-12-3-1-2-6-20(12)13/h1-7H,8,16H2,(H,17,21). The third kappa shape index (κ3) is 2.53. The second-order valence-electron chi connectivity index (χ2n) is 4.46. The number of nitrogens with zero attached hydrogens (tertiary/aromatic N) is 3. The monoisotopic (exact) mass is 285 g/mol. The first-order valence-electron chi connectivity index (χ1n) is 6.27. The number of carbonyl (C=O) groups excluding carboxylic acids is 1. The maximum Gasteiger partial charge on any atom is 0.253 e. The van der Waals surface area contributed by atoms with Crippen molar-refractivity contribution in [1.29, 1.82) is 0 Å². The molecular weight excluding hydrogens is 273 g/mol. The topological polar surface area (TPSA) is 85.3 Å². The van der Waals surface area contributed by atoms with Crippen LogP contribution >= 0.6 is 0 Å². The van der Waals surface area contributed by atoms with Crippen molar-refractivity contribution in [2.24, 2.45) is 0 Å². The lowest BCUT2D eigenvalue weighted by molar-refractivity contribution is 0.0950. The Labute approximate surface area is 119 Å². The van der Waals surface area contributed by atoms with Crippen molar-refractivity contribution in [2.45, 2.75) is 6.54 Å². The second kappa shape index (κ2) is 5.20. The Morgan fingerprint density at radius 1 is 1.29 bits per heavy atom. The lowest BCUT2D eigenvalue weighted by Crippen LogP contribution is -2.25. The minimum Gasteiger partial charge on any atom is -0.398 e. The van der Waals surface area contributed by atoms with Gasteiger partial charge in [0, 0.05) is 11.9 Å². The Balaban J connectivity index is 1.77. The van der Waals surface area contributed by atoms with Crippen molar-refractivity contribution in [2.75, 3.05) is 5.73 Å². The zero-order chi connectivity index (χ0) is 14.8. The SMILES string of the molecule is Nc1cc(F)ccc1C(=O)NCc1nnc2ccccn12. The van der Waals surface area contributed by atoms with Crippen molar-refractivity contribution in [1.82, 2.24) is 19.9 Å². The van der Waals surface area contributed by atoms with E-state index in [9.17, 15) is 9.18 Å². The maximum absolute atomic E-state index is 13.0. The normalized spacial score (nSPS) is 10.7. The lowest BCUT2D eigenvalue weighted by atomic mass is 10.1. The summed E-state index contributed by atoms with van der Waals surface area (Å²) in [5, 5.41) is 10.7. The predicted octanol–water partition coefficient (Wildman–Crippen LogP) is 1.38. The molecule has 2 heterocycles. The van der Waals surface area contributed by atoms with E-state index in [-0.39, 0.29) is 23.7 Å². The summed E-state index contributed by atoms with van der Waals surface area (Å²) in [6.07, 6.45) is 1.81. The summed E-state index contributed by atoms with van der Waals surface area (Å²) in [6, 6.07) is 9.17. The molecule has 0 fully saturated rings. The van der Waals surface area contributed by atoms with Gasteiger partial charge in [-0.3, -0.25) is 9.20 Å². The van der Waals surface area contributed by atoms with Gasteiger partial charge in [0.25, 0.3) is 5.91 Å². The van der Waals surface area contributed by atoms with Crippen molar-refractivity contribution < 1.29 is 9.18 Å². The van der Waals surface area contributed by atoms with Crippen molar-refractivity contribution in [3.8, 4) is 0 Å². The van der Waals surface area contributed by atoms with Crippen molar-refractivity contribution >= 4 is 17.2 Å². The zero-order valence-electron chi connectivity index (χ0n) is 11.0. The molecule has 0 aliphatic heterocycles. The van der Waals surface area contributed by atoms with Crippen LogP contribution in [0, 0.1) is 5.82 Å². The Morgan fingerprint density at radius 3 is 2.95 bits per heavy atom. The van der Waals surface area contributed by atoms with E-state index in [1.54, 1.807) is 4.40 Å².